The van der Waals surface area contributed by atoms with Gasteiger partial charge in [-0.25, -0.2) is 0 Å². The Morgan fingerprint density at radius 1 is 1.29 bits per heavy atom. The predicted octanol–water partition coefficient (Wildman–Crippen LogP) is 5.45. The molecule has 1 amide bonds. The molecular weight excluding hydrogens is 410 g/mol. The molecule has 3 unspecified atom stereocenters. The first kappa shape index (κ1) is 21.8. The molecule has 2 saturated carbocycles. The normalized spacial score (nSPS) is 23.5. The predicted molar refractivity (Wildman–Crippen MR) is 118 cm³/mol. The van der Waals surface area contributed by atoms with Crippen LogP contribution < -0.4 is 10.1 Å². The summed E-state index contributed by atoms with van der Waals surface area (Å²) in [6.45, 7) is 2.31. The Morgan fingerprint density at radius 3 is 2.74 bits per heavy atom. The number of benzene rings is 1. The van der Waals surface area contributed by atoms with Crippen LogP contribution in [0.15, 0.2) is 44.6 Å². The van der Waals surface area contributed by atoms with Crippen molar-refractivity contribution in [3.63, 3.8) is 0 Å². The number of ether oxygens (including phenoxy) is 1. The van der Waals surface area contributed by atoms with Crippen LogP contribution in [-0.2, 0) is 0 Å². The van der Waals surface area contributed by atoms with Crippen LogP contribution in [0.2, 0.25) is 0 Å². The van der Waals surface area contributed by atoms with Crippen LogP contribution >= 0.6 is 11.8 Å². The van der Waals surface area contributed by atoms with Gasteiger partial charge in [0.05, 0.1) is 12.5 Å². The molecule has 31 heavy (non-hydrogen) atoms. The fourth-order valence-corrected chi connectivity index (χ4v) is 5.91. The fourth-order valence-electron chi connectivity index (χ4n) is 4.97. The highest BCUT2D eigenvalue weighted by Crippen LogP contribution is 2.44. The Bertz CT molecular complexity index is 912. The first-order valence-corrected chi connectivity index (χ1v) is 12.0. The summed E-state index contributed by atoms with van der Waals surface area (Å²) in [5.41, 5.74) is 0. The summed E-state index contributed by atoms with van der Waals surface area (Å²) >= 11 is 1.39. The van der Waals surface area contributed by atoms with E-state index in [4.69, 9.17) is 14.5 Å². The molecule has 0 radical (unpaired) electrons. The van der Waals surface area contributed by atoms with Gasteiger partial charge in [-0.1, -0.05) is 49.2 Å². The molecule has 4 rings (SSSR count). The number of hydrogen-bond donors (Lipinski definition) is 1. The molecule has 1 N–H and O–H groups in total. The molecule has 0 aliphatic heterocycles. The molecule has 1 heterocycles. The lowest BCUT2D eigenvalue weighted by Gasteiger charge is -2.41. The third kappa shape index (κ3) is 5.43. The Labute approximate surface area is 187 Å². The second kappa shape index (κ2) is 10.2. The molecule has 2 fully saturated rings. The Balaban J connectivity index is 1.48. The Kier molecular flexibility index (Phi) is 7.18. The third-order valence-electron chi connectivity index (χ3n) is 6.47. The molecule has 2 aromatic rings. The zero-order valence-electron chi connectivity index (χ0n) is 17.9. The van der Waals surface area contributed by atoms with Gasteiger partial charge in [0.15, 0.2) is 0 Å². The van der Waals surface area contributed by atoms with E-state index in [2.05, 4.69) is 17.4 Å². The van der Waals surface area contributed by atoms with Crippen LogP contribution in [0.25, 0.3) is 0 Å². The molecule has 3 atom stereocenters. The van der Waals surface area contributed by atoms with Crippen molar-refractivity contribution in [3.05, 3.63) is 36.1 Å². The molecule has 0 spiro atoms. The van der Waals surface area contributed by atoms with Gasteiger partial charge in [-0.2, -0.15) is 5.26 Å². The fraction of sp³-hybridized carbons (Fsp3) is 0.542. The minimum Gasteiger partial charge on any atom is -0.474 e. The van der Waals surface area contributed by atoms with Crippen molar-refractivity contribution in [1.29, 1.82) is 5.26 Å². The maximum atomic E-state index is 13.1. The van der Waals surface area contributed by atoms with E-state index in [1.54, 1.807) is 0 Å². The zero-order chi connectivity index (χ0) is 21.6. The van der Waals surface area contributed by atoms with Crippen LogP contribution in [0.3, 0.4) is 0 Å². The number of rotatable bonds is 8. The van der Waals surface area contributed by atoms with Crippen LogP contribution in [0.4, 0.5) is 0 Å². The molecular formula is C24H29N3O3S. The average molecular weight is 440 g/mol. The summed E-state index contributed by atoms with van der Waals surface area (Å²) in [5, 5.41) is 15.9. The van der Waals surface area contributed by atoms with Gasteiger partial charge in [0.1, 0.15) is 11.5 Å². The quantitative estimate of drug-likeness (QED) is 0.550. The van der Waals surface area contributed by atoms with Crippen LogP contribution in [-0.4, -0.2) is 23.7 Å². The Hall–Kier alpha value is -2.46. The highest BCUT2D eigenvalue weighted by Gasteiger charge is 2.35. The summed E-state index contributed by atoms with van der Waals surface area (Å²) in [7, 11) is 0. The number of fused-ring (bicyclic) bond motifs is 2. The second-order valence-corrected chi connectivity index (χ2v) is 9.79. The second-order valence-electron chi connectivity index (χ2n) is 8.71. The van der Waals surface area contributed by atoms with Crippen molar-refractivity contribution in [1.82, 2.24) is 10.5 Å². The van der Waals surface area contributed by atoms with Gasteiger partial charge in [0, 0.05) is 10.9 Å². The minimum atomic E-state index is -0.260. The van der Waals surface area contributed by atoms with E-state index in [0.29, 0.717) is 10.8 Å². The minimum absolute atomic E-state index is 0.0820. The highest BCUT2D eigenvalue weighted by molar-refractivity contribution is 7.99. The van der Waals surface area contributed by atoms with Crippen molar-refractivity contribution < 1.29 is 14.1 Å². The Morgan fingerprint density at radius 2 is 2.03 bits per heavy atom. The van der Waals surface area contributed by atoms with E-state index >= 15 is 0 Å². The SMILES string of the molecule is CC(NC(=O)c1onc(OCCC#N)c1Sc1ccccc1)C1CC2CCCC(C2)C1. The highest BCUT2D eigenvalue weighted by atomic mass is 32.2. The smallest absolute Gasteiger partial charge is 0.291 e. The number of nitrogens with zero attached hydrogens (tertiary/aromatic N) is 2. The van der Waals surface area contributed by atoms with Gasteiger partial charge in [0.2, 0.25) is 5.76 Å². The lowest BCUT2D eigenvalue weighted by molar-refractivity contribution is 0.0818. The lowest BCUT2D eigenvalue weighted by atomic mass is 9.66. The van der Waals surface area contributed by atoms with E-state index in [1.165, 1.54) is 50.3 Å². The first-order valence-electron chi connectivity index (χ1n) is 11.2. The van der Waals surface area contributed by atoms with Crippen molar-refractivity contribution in [3.8, 4) is 11.9 Å². The van der Waals surface area contributed by atoms with Crippen LogP contribution in [0, 0.1) is 29.1 Å². The number of nitrogens with one attached hydrogen (secondary N) is 1. The summed E-state index contributed by atoms with van der Waals surface area (Å²) < 4.78 is 11.1. The third-order valence-corrected chi connectivity index (χ3v) is 7.54. The standard InChI is InChI=1S/C24H29N3O3S/c1-16(19-14-17-7-5-8-18(13-17)15-19)26-23(28)21-22(31-20-9-3-2-4-10-20)24(27-30-21)29-12-6-11-25/h2-4,9-10,16-19H,5-8,12-15H2,1H3,(H,26,28). The van der Waals surface area contributed by atoms with E-state index in [0.717, 1.165) is 16.7 Å². The van der Waals surface area contributed by atoms with Crippen molar-refractivity contribution in [2.75, 3.05) is 6.61 Å². The first-order chi connectivity index (χ1) is 15.1. The molecule has 2 aliphatic carbocycles. The molecule has 2 aliphatic rings. The molecule has 164 valence electrons. The van der Waals surface area contributed by atoms with E-state index in [1.807, 2.05) is 36.4 Å². The average Bonchev–Trinajstić information content (AvgIpc) is 3.17. The van der Waals surface area contributed by atoms with Gasteiger partial charge >= 0.3 is 0 Å². The van der Waals surface area contributed by atoms with Gasteiger partial charge in [-0.05, 0) is 61.2 Å². The summed E-state index contributed by atoms with van der Waals surface area (Å²) in [6.07, 6.45) is 8.01. The number of hydrogen-bond acceptors (Lipinski definition) is 6. The zero-order valence-corrected chi connectivity index (χ0v) is 18.7. The summed E-state index contributed by atoms with van der Waals surface area (Å²) in [6, 6.07) is 11.9. The summed E-state index contributed by atoms with van der Waals surface area (Å²) in [5.74, 6) is 2.30. The molecule has 1 aromatic carbocycles. The number of carbonyl (C=O) groups excluding carboxylic acids is 1. The number of carbonyl (C=O) groups is 1. The maximum absolute atomic E-state index is 13.1. The van der Waals surface area contributed by atoms with Gasteiger partial charge in [-0.15, -0.1) is 0 Å². The van der Waals surface area contributed by atoms with Gasteiger partial charge in [-0.3, -0.25) is 4.79 Å². The van der Waals surface area contributed by atoms with E-state index in [-0.39, 0.29) is 36.6 Å². The summed E-state index contributed by atoms with van der Waals surface area (Å²) in [4.78, 5) is 14.6. The lowest BCUT2D eigenvalue weighted by Crippen LogP contribution is -2.42. The molecule has 7 heteroatoms. The van der Waals surface area contributed by atoms with Gasteiger partial charge < -0.3 is 14.6 Å². The van der Waals surface area contributed by atoms with Crippen molar-refractivity contribution in [2.45, 2.75) is 67.7 Å². The molecule has 2 bridgehead atoms. The van der Waals surface area contributed by atoms with Crippen LogP contribution in [0.5, 0.6) is 5.88 Å². The maximum Gasteiger partial charge on any atom is 0.291 e. The van der Waals surface area contributed by atoms with E-state index < -0.39 is 0 Å². The number of amides is 1. The van der Waals surface area contributed by atoms with E-state index in [9.17, 15) is 4.79 Å². The van der Waals surface area contributed by atoms with Crippen LogP contribution in [0.1, 0.15) is 62.4 Å². The number of nitriles is 1. The monoisotopic (exact) mass is 439 g/mol. The van der Waals surface area contributed by atoms with Crippen molar-refractivity contribution >= 4 is 17.7 Å². The number of aromatic nitrogens is 1. The molecule has 0 saturated heterocycles. The van der Waals surface area contributed by atoms with Gasteiger partial charge in [0.25, 0.3) is 11.8 Å². The largest absolute Gasteiger partial charge is 0.474 e. The molecule has 6 nitrogen and oxygen atoms in total. The van der Waals surface area contributed by atoms with Crippen molar-refractivity contribution in [2.24, 2.45) is 17.8 Å². The molecule has 1 aromatic heterocycles. The topological polar surface area (TPSA) is 88.2 Å².